The minimum atomic E-state index is -0.0327. The summed E-state index contributed by atoms with van der Waals surface area (Å²) in [5.41, 5.74) is 3.17. The number of aryl methyl sites for hydroxylation is 1. The number of pyridine rings is 1. The molecule has 1 amide bonds. The van der Waals surface area contributed by atoms with E-state index < -0.39 is 0 Å². The van der Waals surface area contributed by atoms with Crippen molar-refractivity contribution in [3.63, 3.8) is 0 Å². The molecule has 154 valence electrons. The summed E-state index contributed by atoms with van der Waals surface area (Å²) in [6.07, 6.45) is 9.59. The predicted octanol–water partition coefficient (Wildman–Crippen LogP) is 4.03. The van der Waals surface area contributed by atoms with Crippen LogP contribution in [-0.4, -0.2) is 44.9 Å². The summed E-state index contributed by atoms with van der Waals surface area (Å²) in [5.74, 6) is 2.12. The lowest BCUT2D eigenvalue weighted by atomic mass is 9.89. The second-order valence-corrected chi connectivity index (χ2v) is 8.12. The largest absolute Gasteiger partial charge is 0.456 e. The Hall–Kier alpha value is -3.22. The van der Waals surface area contributed by atoms with Gasteiger partial charge in [-0.05, 0) is 62.4 Å². The molecule has 1 aliphatic carbocycles. The molecule has 0 bridgehead atoms. The number of furan rings is 1. The Labute approximate surface area is 175 Å². The maximum absolute atomic E-state index is 12.7. The third-order valence-electron chi connectivity index (χ3n) is 5.84. The van der Waals surface area contributed by atoms with Gasteiger partial charge in [0.25, 0.3) is 5.91 Å². The summed E-state index contributed by atoms with van der Waals surface area (Å²) in [4.78, 5) is 28.2. The Morgan fingerprint density at radius 1 is 1.10 bits per heavy atom. The molecule has 4 heterocycles. The Morgan fingerprint density at radius 3 is 2.53 bits per heavy atom. The molecule has 3 aromatic rings. The highest BCUT2D eigenvalue weighted by atomic mass is 16.3. The van der Waals surface area contributed by atoms with Crippen molar-refractivity contribution < 1.29 is 9.21 Å². The van der Waals surface area contributed by atoms with E-state index in [1.165, 1.54) is 12.8 Å². The highest BCUT2D eigenvalue weighted by Crippen LogP contribution is 2.35. The zero-order valence-electron chi connectivity index (χ0n) is 17.0. The van der Waals surface area contributed by atoms with E-state index in [4.69, 9.17) is 9.40 Å². The van der Waals surface area contributed by atoms with Crippen LogP contribution in [0.3, 0.4) is 0 Å². The first-order valence-corrected chi connectivity index (χ1v) is 10.6. The molecule has 1 aliphatic heterocycles. The standard InChI is InChI=1S/C23H25N5O2/c1-15-2-5-20(30-15)22(29)28-12-8-17(9-13-28)21-19(16-6-10-24-11-7-16)14-25-23(27-21)26-18-3-4-18/h2,5-7,10-11,14,17-18H,3-4,8-9,12-13H2,1H3,(H,25,26,27). The molecule has 7 heteroatoms. The number of anilines is 1. The van der Waals surface area contributed by atoms with Gasteiger partial charge in [-0.3, -0.25) is 9.78 Å². The molecular weight excluding hydrogens is 378 g/mol. The van der Waals surface area contributed by atoms with Crippen LogP contribution in [0, 0.1) is 6.92 Å². The lowest BCUT2D eigenvalue weighted by Crippen LogP contribution is -2.38. The molecule has 30 heavy (non-hydrogen) atoms. The summed E-state index contributed by atoms with van der Waals surface area (Å²) in [5, 5.41) is 3.41. The first-order valence-electron chi connectivity index (χ1n) is 10.6. The Bertz CT molecular complexity index is 1040. The van der Waals surface area contributed by atoms with Gasteiger partial charge in [0.05, 0.1) is 5.69 Å². The molecule has 5 rings (SSSR count). The third-order valence-corrected chi connectivity index (χ3v) is 5.84. The second-order valence-electron chi connectivity index (χ2n) is 8.12. The van der Waals surface area contributed by atoms with Crippen LogP contribution in [0.25, 0.3) is 11.1 Å². The average molecular weight is 403 g/mol. The van der Waals surface area contributed by atoms with E-state index in [-0.39, 0.29) is 11.8 Å². The number of amides is 1. The van der Waals surface area contributed by atoms with Gasteiger partial charge >= 0.3 is 0 Å². The van der Waals surface area contributed by atoms with Crippen molar-refractivity contribution in [2.75, 3.05) is 18.4 Å². The Kier molecular flexibility index (Phi) is 4.94. The minimum absolute atomic E-state index is 0.0327. The van der Waals surface area contributed by atoms with Gasteiger partial charge < -0.3 is 14.6 Å². The fourth-order valence-corrected chi connectivity index (χ4v) is 4.00. The number of nitrogens with zero attached hydrogens (tertiary/aromatic N) is 4. The molecule has 0 unspecified atom stereocenters. The summed E-state index contributed by atoms with van der Waals surface area (Å²) in [6, 6.07) is 8.07. The number of aromatic nitrogens is 3. The first-order chi connectivity index (χ1) is 14.7. The number of carbonyl (C=O) groups excluding carboxylic acids is 1. The fraction of sp³-hybridized carbons (Fsp3) is 0.391. The summed E-state index contributed by atoms with van der Waals surface area (Å²) >= 11 is 0. The highest BCUT2D eigenvalue weighted by molar-refractivity contribution is 5.91. The van der Waals surface area contributed by atoms with Crippen LogP contribution in [-0.2, 0) is 0 Å². The molecule has 0 aromatic carbocycles. The van der Waals surface area contributed by atoms with E-state index in [1.54, 1.807) is 18.5 Å². The van der Waals surface area contributed by atoms with E-state index >= 15 is 0 Å². The molecule has 0 atom stereocenters. The second kappa shape index (κ2) is 7.89. The predicted molar refractivity (Wildman–Crippen MR) is 113 cm³/mol. The van der Waals surface area contributed by atoms with Crippen molar-refractivity contribution >= 4 is 11.9 Å². The van der Waals surface area contributed by atoms with Gasteiger partial charge in [0.2, 0.25) is 5.95 Å². The smallest absolute Gasteiger partial charge is 0.289 e. The van der Waals surface area contributed by atoms with E-state index in [0.29, 0.717) is 30.8 Å². The molecule has 7 nitrogen and oxygen atoms in total. The van der Waals surface area contributed by atoms with E-state index in [0.717, 1.165) is 35.4 Å². The molecule has 0 spiro atoms. The Morgan fingerprint density at radius 2 is 1.87 bits per heavy atom. The number of hydrogen-bond donors (Lipinski definition) is 1. The number of hydrogen-bond acceptors (Lipinski definition) is 6. The van der Waals surface area contributed by atoms with Crippen molar-refractivity contribution in [2.24, 2.45) is 0 Å². The molecule has 3 aromatic heterocycles. The van der Waals surface area contributed by atoms with Crippen molar-refractivity contribution in [3.05, 3.63) is 60.1 Å². The van der Waals surface area contributed by atoms with Crippen LogP contribution < -0.4 is 5.32 Å². The number of nitrogens with one attached hydrogen (secondary N) is 1. The molecule has 0 radical (unpaired) electrons. The molecule has 1 saturated carbocycles. The zero-order valence-corrected chi connectivity index (χ0v) is 17.0. The fourth-order valence-electron chi connectivity index (χ4n) is 4.00. The summed E-state index contributed by atoms with van der Waals surface area (Å²) in [7, 11) is 0. The maximum Gasteiger partial charge on any atom is 0.289 e. The quantitative estimate of drug-likeness (QED) is 0.692. The summed E-state index contributed by atoms with van der Waals surface area (Å²) in [6.45, 7) is 3.23. The molecule has 1 saturated heterocycles. The monoisotopic (exact) mass is 403 g/mol. The summed E-state index contributed by atoms with van der Waals surface area (Å²) < 4.78 is 5.52. The van der Waals surface area contributed by atoms with Crippen LogP contribution >= 0.6 is 0 Å². The average Bonchev–Trinajstić information content (AvgIpc) is 3.50. The van der Waals surface area contributed by atoms with Gasteiger partial charge in [0, 0.05) is 49.2 Å². The van der Waals surface area contributed by atoms with Crippen molar-refractivity contribution in [1.29, 1.82) is 0 Å². The van der Waals surface area contributed by atoms with Gasteiger partial charge in [0.15, 0.2) is 5.76 Å². The highest BCUT2D eigenvalue weighted by Gasteiger charge is 2.29. The molecule has 2 aliphatic rings. The van der Waals surface area contributed by atoms with Crippen LogP contribution in [0.4, 0.5) is 5.95 Å². The molecule has 1 N–H and O–H groups in total. The lowest BCUT2D eigenvalue weighted by Gasteiger charge is -2.32. The van der Waals surface area contributed by atoms with Crippen LogP contribution in [0.15, 0.2) is 47.3 Å². The van der Waals surface area contributed by atoms with E-state index in [1.807, 2.05) is 36.2 Å². The topological polar surface area (TPSA) is 84.2 Å². The van der Waals surface area contributed by atoms with Crippen molar-refractivity contribution in [2.45, 2.75) is 44.6 Å². The van der Waals surface area contributed by atoms with Gasteiger partial charge in [-0.2, -0.15) is 0 Å². The third kappa shape index (κ3) is 3.92. The van der Waals surface area contributed by atoms with Gasteiger partial charge in [-0.1, -0.05) is 0 Å². The van der Waals surface area contributed by atoms with Crippen molar-refractivity contribution in [3.8, 4) is 11.1 Å². The number of piperidine rings is 1. The van der Waals surface area contributed by atoms with Gasteiger partial charge in [-0.15, -0.1) is 0 Å². The minimum Gasteiger partial charge on any atom is -0.456 e. The number of rotatable bonds is 5. The SMILES string of the molecule is Cc1ccc(C(=O)N2CCC(c3nc(NC4CC4)ncc3-c3ccncc3)CC2)o1. The van der Waals surface area contributed by atoms with E-state index in [9.17, 15) is 4.79 Å². The number of likely N-dealkylation sites (tertiary alicyclic amines) is 1. The maximum atomic E-state index is 12.7. The first kappa shape index (κ1) is 18.8. The van der Waals surface area contributed by atoms with Crippen LogP contribution in [0.5, 0.6) is 0 Å². The van der Waals surface area contributed by atoms with E-state index in [2.05, 4.69) is 15.3 Å². The van der Waals surface area contributed by atoms with Crippen LogP contribution in [0.2, 0.25) is 0 Å². The molecular formula is C23H25N5O2. The van der Waals surface area contributed by atoms with Crippen molar-refractivity contribution in [1.82, 2.24) is 19.9 Å². The van der Waals surface area contributed by atoms with Gasteiger partial charge in [-0.25, -0.2) is 9.97 Å². The zero-order chi connectivity index (χ0) is 20.5. The lowest BCUT2D eigenvalue weighted by molar-refractivity contribution is 0.0678. The Balaban J connectivity index is 1.37. The number of carbonyl (C=O) groups is 1. The normalized spacial score (nSPS) is 17.2. The van der Waals surface area contributed by atoms with Crippen LogP contribution in [0.1, 0.15) is 53.6 Å². The molecule has 2 fully saturated rings. The van der Waals surface area contributed by atoms with Gasteiger partial charge in [0.1, 0.15) is 5.76 Å².